The summed E-state index contributed by atoms with van der Waals surface area (Å²) in [6.07, 6.45) is -2.38. The lowest BCUT2D eigenvalue weighted by Gasteiger charge is -2.29. The summed E-state index contributed by atoms with van der Waals surface area (Å²) in [5, 5.41) is 14.6. The topological polar surface area (TPSA) is 167 Å². The summed E-state index contributed by atoms with van der Waals surface area (Å²) in [5.74, 6) is -6.67. The van der Waals surface area contributed by atoms with E-state index >= 15 is 0 Å². The van der Waals surface area contributed by atoms with Crippen LogP contribution in [0.1, 0.15) is 19.4 Å². The number of methoxy groups -OCH3 is 3. The van der Waals surface area contributed by atoms with E-state index in [9.17, 15) is 29.1 Å². The molecular weight excluding hydrogens is 452 g/mol. The normalized spacial score (nSPS) is 14.1. The van der Waals surface area contributed by atoms with Gasteiger partial charge in [0.2, 0.25) is 5.91 Å². The predicted octanol–water partition coefficient (Wildman–Crippen LogP) is -0.0817. The Bertz CT molecular complexity index is 843. The molecule has 0 aliphatic rings. The van der Waals surface area contributed by atoms with Crippen LogP contribution in [0.3, 0.4) is 0 Å². The Morgan fingerprint density at radius 1 is 0.824 bits per heavy atom. The first-order valence-corrected chi connectivity index (χ1v) is 10.3. The van der Waals surface area contributed by atoms with Gasteiger partial charge in [-0.05, 0) is 12.5 Å². The zero-order valence-electron chi connectivity index (χ0n) is 19.6. The molecule has 1 aromatic carbocycles. The number of hydrogen-bond donors (Lipinski definition) is 3. The van der Waals surface area contributed by atoms with Crippen molar-refractivity contribution in [2.75, 3.05) is 21.3 Å². The Morgan fingerprint density at radius 2 is 1.35 bits per heavy atom. The summed E-state index contributed by atoms with van der Waals surface area (Å²) in [6, 6.07) is 5.71. The Labute approximate surface area is 196 Å². The van der Waals surface area contributed by atoms with Crippen LogP contribution in [0.2, 0.25) is 0 Å². The third-order valence-electron chi connectivity index (χ3n) is 4.97. The maximum absolute atomic E-state index is 12.8. The Kier molecular flexibility index (Phi) is 11.5. The van der Waals surface area contributed by atoms with Gasteiger partial charge in [0.05, 0.1) is 27.4 Å². The number of aliphatic hydroxyl groups excluding tert-OH is 1. The lowest BCUT2D eigenvalue weighted by atomic mass is 9.87. The van der Waals surface area contributed by atoms with E-state index in [-0.39, 0.29) is 6.61 Å². The maximum Gasteiger partial charge on any atom is 0.408 e. The van der Waals surface area contributed by atoms with Crippen molar-refractivity contribution in [2.24, 2.45) is 11.8 Å². The van der Waals surface area contributed by atoms with E-state index < -0.39 is 59.9 Å². The number of esters is 3. The molecule has 1 rings (SSSR count). The third kappa shape index (κ3) is 8.03. The van der Waals surface area contributed by atoms with Crippen LogP contribution < -0.4 is 10.6 Å². The molecule has 0 bridgehead atoms. The van der Waals surface area contributed by atoms with Gasteiger partial charge in [0, 0.05) is 5.92 Å². The quantitative estimate of drug-likeness (QED) is 0.220. The van der Waals surface area contributed by atoms with E-state index in [1.165, 1.54) is 13.8 Å². The van der Waals surface area contributed by atoms with Crippen molar-refractivity contribution in [3.05, 3.63) is 35.9 Å². The molecule has 34 heavy (non-hydrogen) atoms. The van der Waals surface area contributed by atoms with Crippen LogP contribution in [-0.2, 0) is 44.7 Å². The zero-order chi connectivity index (χ0) is 25.8. The minimum absolute atomic E-state index is 0.0808. The van der Waals surface area contributed by atoms with E-state index in [2.05, 4.69) is 24.8 Å². The average molecular weight is 482 g/mol. The summed E-state index contributed by atoms with van der Waals surface area (Å²) in [7, 11) is 3.14. The summed E-state index contributed by atoms with van der Waals surface area (Å²) < 4.78 is 19.0. The van der Waals surface area contributed by atoms with Gasteiger partial charge in [-0.1, -0.05) is 37.3 Å². The fraction of sp³-hybridized carbons (Fsp3) is 0.500. The van der Waals surface area contributed by atoms with Gasteiger partial charge in [-0.2, -0.15) is 0 Å². The van der Waals surface area contributed by atoms with Crippen molar-refractivity contribution in [2.45, 2.75) is 38.6 Å². The molecule has 0 saturated carbocycles. The van der Waals surface area contributed by atoms with Gasteiger partial charge >= 0.3 is 24.0 Å². The zero-order valence-corrected chi connectivity index (χ0v) is 19.6. The molecule has 0 saturated heterocycles. The molecule has 0 aliphatic heterocycles. The van der Waals surface area contributed by atoms with Gasteiger partial charge in [0.1, 0.15) is 18.7 Å². The number of nitrogens with one attached hydrogen (secondary N) is 2. The van der Waals surface area contributed by atoms with Crippen molar-refractivity contribution in [3.8, 4) is 0 Å². The monoisotopic (exact) mass is 482 g/mol. The number of hydrogen-bond acceptors (Lipinski definition) is 10. The van der Waals surface area contributed by atoms with Crippen molar-refractivity contribution < 1.29 is 48.0 Å². The van der Waals surface area contributed by atoms with Crippen molar-refractivity contribution in [3.63, 3.8) is 0 Å². The number of carbonyl (C=O) groups is 5. The molecule has 0 aliphatic carbocycles. The summed E-state index contributed by atoms with van der Waals surface area (Å²) in [6.45, 7) is 2.49. The number of aliphatic hydroxyl groups is 1. The average Bonchev–Trinajstić information content (AvgIpc) is 2.83. The molecule has 2 amide bonds. The molecule has 0 unspecified atom stereocenters. The second-order valence-electron chi connectivity index (χ2n) is 7.32. The van der Waals surface area contributed by atoms with Crippen LogP contribution in [0.15, 0.2) is 30.3 Å². The first-order valence-electron chi connectivity index (χ1n) is 10.3. The lowest BCUT2D eigenvalue weighted by molar-refractivity contribution is -0.163. The van der Waals surface area contributed by atoms with Gasteiger partial charge in [-0.15, -0.1) is 0 Å². The van der Waals surface area contributed by atoms with E-state index in [1.807, 2.05) is 0 Å². The lowest BCUT2D eigenvalue weighted by Crippen LogP contribution is -2.58. The second-order valence-corrected chi connectivity index (χ2v) is 7.32. The van der Waals surface area contributed by atoms with Crippen molar-refractivity contribution >= 4 is 29.9 Å². The van der Waals surface area contributed by atoms with Crippen LogP contribution in [0.5, 0.6) is 0 Å². The smallest absolute Gasteiger partial charge is 0.408 e. The van der Waals surface area contributed by atoms with E-state index in [1.54, 1.807) is 30.3 Å². The highest BCUT2D eigenvalue weighted by Crippen LogP contribution is 2.20. The van der Waals surface area contributed by atoms with Crippen LogP contribution in [0, 0.1) is 11.8 Å². The Hall–Kier alpha value is -3.67. The largest absolute Gasteiger partial charge is 0.468 e. The Balaban J connectivity index is 3.00. The number of benzene rings is 1. The minimum atomic E-state index is -1.56. The highest BCUT2D eigenvalue weighted by atomic mass is 16.6. The standard InChI is InChI=1S/C22H30N2O10/c1-12(15(19(27)31-3)20(28)32-4)16(21(29)33-5)23-18(26)17(13(2)25)24-22(30)34-11-14-9-7-6-8-10-14/h6-10,12-13,15-17,25H,11H2,1-5H3,(H,23,26)(H,24,30)/t12-,13+,16+,17-/m0/s1. The first kappa shape index (κ1) is 28.4. The summed E-state index contributed by atoms with van der Waals surface area (Å²) >= 11 is 0. The molecule has 0 radical (unpaired) electrons. The highest BCUT2D eigenvalue weighted by Gasteiger charge is 2.43. The first-order chi connectivity index (χ1) is 16.1. The number of amides is 2. The summed E-state index contributed by atoms with van der Waals surface area (Å²) in [4.78, 5) is 61.7. The minimum Gasteiger partial charge on any atom is -0.468 e. The van der Waals surface area contributed by atoms with Crippen LogP contribution in [-0.4, -0.2) is 74.5 Å². The van der Waals surface area contributed by atoms with Crippen LogP contribution in [0.4, 0.5) is 4.79 Å². The fourth-order valence-electron chi connectivity index (χ4n) is 3.04. The van der Waals surface area contributed by atoms with E-state index in [0.717, 1.165) is 21.3 Å². The fourth-order valence-corrected chi connectivity index (χ4v) is 3.04. The molecule has 3 N–H and O–H groups in total. The SMILES string of the molecule is COC(=O)C(C(=O)OC)[C@H](C)[C@@H](NC(=O)[C@@H](NC(=O)OCc1ccccc1)[C@@H](C)O)C(=O)OC. The second kappa shape index (κ2) is 13.8. The predicted molar refractivity (Wildman–Crippen MR) is 116 cm³/mol. The van der Waals surface area contributed by atoms with Gasteiger partial charge in [0.15, 0.2) is 5.92 Å². The molecule has 12 nitrogen and oxygen atoms in total. The van der Waals surface area contributed by atoms with E-state index in [4.69, 9.17) is 4.74 Å². The van der Waals surface area contributed by atoms with Gasteiger partial charge in [-0.3, -0.25) is 14.4 Å². The molecule has 0 aromatic heterocycles. The summed E-state index contributed by atoms with van der Waals surface area (Å²) in [5.41, 5.74) is 0.701. The molecular formula is C22H30N2O10. The van der Waals surface area contributed by atoms with Crippen molar-refractivity contribution in [1.82, 2.24) is 10.6 Å². The van der Waals surface area contributed by atoms with Gasteiger partial charge < -0.3 is 34.7 Å². The molecule has 0 heterocycles. The number of rotatable bonds is 11. The number of alkyl carbamates (subject to hydrolysis) is 1. The molecule has 1 aromatic rings. The molecule has 0 fully saturated rings. The van der Waals surface area contributed by atoms with Gasteiger partial charge in [0.25, 0.3) is 0 Å². The Morgan fingerprint density at radius 3 is 1.82 bits per heavy atom. The number of carbonyl (C=O) groups excluding carboxylic acids is 5. The van der Waals surface area contributed by atoms with Crippen molar-refractivity contribution in [1.29, 1.82) is 0 Å². The van der Waals surface area contributed by atoms with Crippen LogP contribution >= 0.6 is 0 Å². The highest BCUT2D eigenvalue weighted by molar-refractivity contribution is 5.97. The van der Waals surface area contributed by atoms with E-state index in [0.29, 0.717) is 5.56 Å². The molecule has 4 atom stereocenters. The van der Waals surface area contributed by atoms with Crippen LogP contribution in [0.25, 0.3) is 0 Å². The third-order valence-corrected chi connectivity index (χ3v) is 4.97. The molecule has 0 spiro atoms. The molecule has 188 valence electrons. The molecule has 12 heteroatoms. The number of ether oxygens (including phenoxy) is 4. The van der Waals surface area contributed by atoms with Gasteiger partial charge in [-0.25, -0.2) is 9.59 Å². The maximum atomic E-state index is 12.8.